The maximum atomic E-state index is 13.4. The minimum Gasteiger partial charge on any atom is -0.386 e. The molecule has 2 N–H and O–H groups in total. The first-order chi connectivity index (χ1) is 26.5. The minimum atomic E-state index is -0.784. The topological polar surface area (TPSA) is 145 Å². The molecule has 0 atom stereocenters. The molecule has 2 heterocycles. The number of benzene rings is 6. The molecule has 266 valence electrons. The molecule has 2 amide bonds. The number of anilines is 2. The lowest BCUT2D eigenvalue weighted by molar-refractivity contribution is 0.0425. The highest BCUT2D eigenvalue weighted by Gasteiger charge is 2.46. The van der Waals surface area contributed by atoms with Gasteiger partial charge in [0.05, 0.1) is 27.7 Å². The van der Waals surface area contributed by atoms with Crippen molar-refractivity contribution in [1.29, 1.82) is 0 Å². The second-order valence-electron chi connectivity index (χ2n) is 13.7. The summed E-state index contributed by atoms with van der Waals surface area (Å²) in [7, 11) is 0. The number of ether oxygens (including phenoxy) is 2. The van der Waals surface area contributed by atoms with Gasteiger partial charge in [0.25, 0.3) is 11.8 Å². The smallest absolute Gasteiger partial charge is 0.346 e. The first-order valence-electron chi connectivity index (χ1n) is 17.4. The summed E-state index contributed by atoms with van der Waals surface area (Å²) in [6.07, 6.45) is 0. The van der Waals surface area contributed by atoms with Crippen LogP contribution in [0.1, 0.15) is 95.5 Å². The van der Waals surface area contributed by atoms with Crippen LogP contribution in [0, 0.1) is 13.8 Å². The zero-order valence-electron chi connectivity index (χ0n) is 29.3. The normalized spacial score (nSPS) is 14.4. The van der Waals surface area contributed by atoms with Crippen LogP contribution in [-0.4, -0.2) is 35.7 Å². The van der Waals surface area contributed by atoms with Gasteiger partial charge in [-0.25, -0.2) is 19.2 Å². The summed E-state index contributed by atoms with van der Waals surface area (Å²) in [5, 5.41) is 5.92. The summed E-state index contributed by atoms with van der Waals surface area (Å²) in [6.45, 7) is 3.83. The summed E-state index contributed by atoms with van der Waals surface area (Å²) in [6, 6.07) is 36.9. The molecule has 9 rings (SSSR count). The van der Waals surface area contributed by atoms with E-state index in [1.165, 1.54) is 36.4 Å². The highest BCUT2D eigenvalue weighted by Crippen LogP contribution is 2.56. The molecule has 1 aliphatic carbocycles. The Morgan fingerprint density at radius 2 is 0.855 bits per heavy atom. The molecule has 0 saturated heterocycles. The molecule has 0 radical (unpaired) electrons. The molecule has 0 aromatic heterocycles. The maximum Gasteiger partial charge on any atom is 0.346 e. The number of amides is 2. The van der Waals surface area contributed by atoms with Crippen molar-refractivity contribution in [3.63, 3.8) is 0 Å². The summed E-state index contributed by atoms with van der Waals surface area (Å²) in [5.41, 5.74) is 8.95. The Hall–Kier alpha value is -7.46. The number of rotatable bonds is 6. The van der Waals surface area contributed by atoms with Gasteiger partial charge in [0.2, 0.25) is 0 Å². The van der Waals surface area contributed by atoms with Gasteiger partial charge in [0.15, 0.2) is 0 Å². The molecule has 0 bridgehead atoms. The lowest BCUT2D eigenvalue weighted by Crippen LogP contribution is -2.29. The van der Waals surface area contributed by atoms with E-state index in [4.69, 9.17) is 0 Å². The zero-order valence-corrected chi connectivity index (χ0v) is 29.3. The van der Waals surface area contributed by atoms with Gasteiger partial charge >= 0.3 is 23.9 Å². The fourth-order valence-corrected chi connectivity index (χ4v) is 7.94. The van der Waals surface area contributed by atoms with Crippen LogP contribution in [0.25, 0.3) is 11.1 Å². The molecule has 3 aliphatic rings. The van der Waals surface area contributed by atoms with E-state index in [0.29, 0.717) is 11.4 Å². The predicted molar refractivity (Wildman–Crippen MR) is 202 cm³/mol. The fourth-order valence-electron chi connectivity index (χ4n) is 7.94. The van der Waals surface area contributed by atoms with Gasteiger partial charge in [-0.05, 0) is 107 Å². The van der Waals surface area contributed by atoms with E-state index in [2.05, 4.69) is 56.5 Å². The third kappa shape index (κ3) is 5.10. The number of hydrogen-bond acceptors (Lipinski definition) is 8. The average Bonchev–Trinajstić information content (AvgIpc) is 3.77. The zero-order chi connectivity index (χ0) is 38.2. The van der Waals surface area contributed by atoms with Crippen molar-refractivity contribution in [1.82, 2.24) is 0 Å². The van der Waals surface area contributed by atoms with Gasteiger partial charge in [0, 0.05) is 22.5 Å². The van der Waals surface area contributed by atoms with Crippen molar-refractivity contribution in [2.75, 3.05) is 10.6 Å². The van der Waals surface area contributed by atoms with Gasteiger partial charge in [0.1, 0.15) is 0 Å². The molecule has 0 saturated carbocycles. The third-order valence-corrected chi connectivity index (χ3v) is 10.6. The second kappa shape index (κ2) is 12.3. The van der Waals surface area contributed by atoms with E-state index < -0.39 is 41.1 Å². The van der Waals surface area contributed by atoms with E-state index in [1.54, 1.807) is 0 Å². The second-order valence-corrected chi connectivity index (χ2v) is 13.7. The van der Waals surface area contributed by atoms with Crippen LogP contribution >= 0.6 is 0 Å². The van der Waals surface area contributed by atoms with Gasteiger partial charge in [-0.1, -0.05) is 72.8 Å². The van der Waals surface area contributed by atoms with Crippen LogP contribution in [0.3, 0.4) is 0 Å². The molecule has 10 nitrogen and oxygen atoms in total. The van der Waals surface area contributed by atoms with Crippen LogP contribution in [0.4, 0.5) is 11.4 Å². The molecule has 0 unspecified atom stereocenters. The largest absolute Gasteiger partial charge is 0.386 e. The molecule has 55 heavy (non-hydrogen) atoms. The van der Waals surface area contributed by atoms with E-state index in [0.717, 1.165) is 44.5 Å². The first-order valence-corrected chi connectivity index (χ1v) is 17.4. The standard InChI is InChI=1S/C45H28N2O8/c1-23-19-27(13-17-37(23)46-39(48)25-11-15-31-33(21-25)43(52)54-41(31)50)45(35-9-5-3-7-29(35)30-8-4-6-10-36(30)45)28-14-18-38(24(2)20-28)47-40(49)26-12-16-32-34(22-26)44(53)55-42(32)51/h3-22H,1-2H3,(H,46,48)(H,47,49). The lowest BCUT2D eigenvalue weighted by atomic mass is 9.67. The van der Waals surface area contributed by atoms with Crippen molar-refractivity contribution < 1.29 is 38.2 Å². The van der Waals surface area contributed by atoms with Crippen LogP contribution in [0.5, 0.6) is 0 Å². The average molecular weight is 725 g/mol. The Labute approximate surface area is 313 Å². The molecular weight excluding hydrogens is 697 g/mol. The van der Waals surface area contributed by atoms with E-state index in [-0.39, 0.29) is 33.4 Å². The van der Waals surface area contributed by atoms with Gasteiger partial charge in [-0.2, -0.15) is 0 Å². The van der Waals surface area contributed by atoms with Crippen molar-refractivity contribution in [3.8, 4) is 11.1 Å². The Bertz CT molecular complexity index is 2580. The van der Waals surface area contributed by atoms with Crippen molar-refractivity contribution in [3.05, 3.63) is 188 Å². The van der Waals surface area contributed by atoms with E-state index in [9.17, 15) is 28.8 Å². The van der Waals surface area contributed by atoms with Crippen molar-refractivity contribution in [2.24, 2.45) is 0 Å². The number of nitrogens with one attached hydrogen (secondary N) is 2. The fraction of sp³-hybridized carbons (Fsp3) is 0.0667. The SMILES string of the molecule is Cc1cc(C2(c3ccc(NC(=O)c4ccc5c(c4)C(=O)OC5=O)c(C)c3)c3ccccc3-c3ccccc32)ccc1NC(=O)c1ccc2c(c1)C(=O)OC2=O. The van der Waals surface area contributed by atoms with E-state index in [1.807, 2.05) is 62.4 Å². The summed E-state index contributed by atoms with van der Waals surface area (Å²) in [5.74, 6) is -3.93. The molecule has 0 spiro atoms. The Morgan fingerprint density at radius 1 is 0.455 bits per heavy atom. The Morgan fingerprint density at radius 3 is 1.27 bits per heavy atom. The number of aryl methyl sites for hydroxylation is 2. The summed E-state index contributed by atoms with van der Waals surface area (Å²) >= 11 is 0. The predicted octanol–water partition coefficient (Wildman–Crippen LogP) is 7.79. The highest BCUT2D eigenvalue weighted by molar-refractivity contribution is 6.17. The van der Waals surface area contributed by atoms with Crippen LogP contribution in [0.15, 0.2) is 121 Å². The molecular formula is C45H28N2O8. The number of esters is 4. The number of fused-ring (bicyclic) bond motifs is 5. The maximum absolute atomic E-state index is 13.4. The van der Waals surface area contributed by atoms with Gasteiger partial charge < -0.3 is 20.1 Å². The van der Waals surface area contributed by atoms with Crippen LogP contribution in [-0.2, 0) is 14.9 Å². The Kier molecular flexibility index (Phi) is 7.47. The van der Waals surface area contributed by atoms with Crippen LogP contribution < -0.4 is 10.6 Å². The number of carbonyl (C=O) groups excluding carboxylic acids is 6. The number of carbonyl (C=O) groups is 6. The van der Waals surface area contributed by atoms with Crippen molar-refractivity contribution in [2.45, 2.75) is 19.3 Å². The van der Waals surface area contributed by atoms with Gasteiger partial charge in [-0.3, -0.25) is 9.59 Å². The summed E-state index contributed by atoms with van der Waals surface area (Å²) in [4.78, 5) is 74.9. The summed E-state index contributed by atoms with van der Waals surface area (Å²) < 4.78 is 9.36. The molecule has 2 aliphatic heterocycles. The number of cyclic esters (lactones) is 4. The molecule has 10 heteroatoms. The van der Waals surface area contributed by atoms with E-state index >= 15 is 0 Å². The Balaban J connectivity index is 1.10. The number of hydrogen-bond donors (Lipinski definition) is 2. The molecule has 6 aromatic rings. The van der Waals surface area contributed by atoms with Gasteiger partial charge in [-0.15, -0.1) is 0 Å². The quantitative estimate of drug-likeness (QED) is 0.131. The van der Waals surface area contributed by atoms with Crippen molar-refractivity contribution >= 4 is 47.1 Å². The van der Waals surface area contributed by atoms with Crippen LogP contribution in [0.2, 0.25) is 0 Å². The molecule has 0 fully saturated rings. The molecule has 6 aromatic carbocycles. The third-order valence-electron chi connectivity index (χ3n) is 10.6. The lowest BCUT2D eigenvalue weighted by Gasteiger charge is -2.35. The first kappa shape index (κ1) is 33.4. The monoisotopic (exact) mass is 724 g/mol. The minimum absolute atomic E-state index is 0.0543. The highest BCUT2D eigenvalue weighted by atomic mass is 16.6.